The van der Waals surface area contributed by atoms with Gasteiger partial charge in [-0.15, -0.1) is 0 Å². The molecule has 1 aliphatic rings. The normalized spacial score (nSPS) is 15.7. The zero-order valence-electron chi connectivity index (χ0n) is 14.9. The van der Waals surface area contributed by atoms with Crippen LogP contribution in [0, 0.1) is 0 Å². The molecule has 4 nitrogen and oxygen atoms in total. The van der Waals surface area contributed by atoms with Gasteiger partial charge in [0.05, 0.1) is 5.52 Å². The summed E-state index contributed by atoms with van der Waals surface area (Å²) in [6.07, 6.45) is 2.30. The van der Waals surface area contributed by atoms with Crippen molar-refractivity contribution >= 4 is 10.9 Å². The van der Waals surface area contributed by atoms with Crippen LogP contribution in [0.15, 0.2) is 48.5 Å². The predicted octanol–water partition coefficient (Wildman–Crippen LogP) is 3.08. The molecular formula is C21H26N4. The second-order valence-corrected chi connectivity index (χ2v) is 6.84. The minimum absolute atomic E-state index is 1.10. The smallest absolute Gasteiger partial charge is 0.100 e. The van der Waals surface area contributed by atoms with Crippen molar-refractivity contribution in [1.82, 2.24) is 20.0 Å². The van der Waals surface area contributed by atoms with Gasteiger partial charge in [0.1, 0.15) is 5.69 Å². The molecule has 1 N–H and O–H groups in total. The van der Waals surface area contributed by atoms with Crippen LogP contribution in [-0.2, 0) is 13.5 Å². The van der Waals surface area contributed by atoms with Crippen LogP contribution in [0.1, 0.15) is 12.0 Å². The highest BCUT2D eigenvalue weighted by molar-refractivity contribution is 5.95. The van der Waals surface area contributed by atoms with Crippen LogP contribution in [0.2, 0.25) is 0 Å². The fourth-order valence-corrected chi connectivity index (χ4v) is 3.82. The van der Waals surface area contributed by atoms with Gasteiger partial charge in [0, 0.05) is 44.2 Å². The number of hydrogen-bond acceptors (Lipinski definition) is 3. The molecule has 25 heavy (non-hydrogen) atoms. The maximum atomic E-state index is 4.82. The Morgan fingerprint density at radius 2 is 1.80 bits per heavy atom. The number of rotatable bonds is 5. The number of fused-ring (bicyclic) bond motifs is 1. The Kier molecular flexibility index (Phi) is 4.81. The maximum absolute atomic E-state index is 4.82. The topological polar surface area (TPSA) is 33.1 Å². The van der Waals surface area contributed by atoms with Crippen LogP contribution in [0.25, 0.3) is 22.2 Å². The molecule has 0 spiro atoms. The molecule has 3 aromatic rings. The third-order valence-corrected chi connectivity index (χ3v) is 5.14. The third kappa shape index (κ3) is 3.46. The summed E-state index contributed by atoms with van der Waals surface area (Å²) < 4.78 is 2.01. The number of piperazine rings is 1. The molecule has 0 radical (unpaired) electrons. The molecule has 1 fully saturated rings. The molecule has 1 aliphatic heterocycles. The van der Waals surface area contributed by atoms with E-state index in [9.17, 15) is 0 Å². The van der Waals surface area contributed by atoms with Crippen molar-refractivity contribution in [2.45, 2.75) is 12.8 Å². The van der Waals surface area contributed by atoms with Gasteiger partial charge in [0.2, 0.25) is 0 Å². The predicted molar refractivity (Wildman–Crippen MR) is 104 cm³/mol. The van der Waals surface area contributed by atoms with Gasteiger partial charge in [-0.2, -0.15) is 5.10 Å². The van der Waals surface area contributed by atoms with E-state index >= 15 is 0 Å². The van der Waals surface area contributed by atoms with Gasteiger partial charge >= 0.3 is 0 Å². The third-order valence-electron chi connectivity index (χ3n) is 5.14. The lowest BCUT2D eigenvalue weighted by Crippen LogP contribution is -2.43. The number of aryl methyl sites for hydroxylation is 2. The van der Waals surface area contributed by atoms with E-state index in [-0.39, 0.29) is 0 Å². The summed E-state index contributed by atoms with van der Waals surface area (Å²) in [6.45, 7) is 5.77. The van der Waals surface area contributed by atoms with Crippen molar-refractivity contribution in [3.05, 3.63) is 54.1 Å². The van der Waals surface area contributed by atoms with Crippen molar-refractivity contribution in [3.8, 4) is 11.3 Å². The van der Waals surface area contributed by atoms with E-state index in [0.717, 1.165) is 25.2 Å². The summed E-state index contributed by atoms with van der Waals surface area (Å²) in [5.41, 5.74) is 4.94. The Bertz CT molecular complexity index is 832. The van der Waals surface area contributed by atoms with Crippen molar-refractivity contribution in [2.24, 2.45) is 7.05 Å². The van der Waals surface area contributed by atoms with E-state index in [2.05, 4.69) is 58.7 Å². The molecule has 1 aromatic heterocycles. The number of hydrogen-bond donors (Lipinski definition) is 1. The zero-order valence-corrected chi connectivity index (χ0v) is 14.9. The first kappa shape index (κ1) is 16.3. The Balaban J connectivity index is 1.60. The van der Waals surface area contributed by atoms with Gasteiger partial charge in [-0.3, -0.25) is 4.68 Å². The molecule has 0 bridgehead atoms. The first-order valence-electron chi connectivity index (χ1n) is 9.26. The van der Waals surface area contributed by atoms with E-state index in [1.54, 1.807) is 0 Å². The van der Waals surface area contributed by atoms with Gasteiger partial charge in [0.15, 0.2) is 0 Å². The lowest BCUT2D eigenvalue weighted by molar-refractivity contribution is 0.238. The van der Waals surface area contributed by atoms with Crippen LogP contribution in [-0.4, -0.2) is 47.4 Å². The average molecular weight is 334 g/mol. The van der Waals surface area contributed by atoms with Crippen LogP contribution in [0.4, 0.5) is 0 Å². The number of nitrogens with zero attached hydrogens (tertiary/aromatic N) is 3. The number of aromatic nitrogens is 2. The first-order valence-corrected chi connectivity index (χ1v) is 9.26. The highest BCUT2D eigenvalue weighted by Gasteiger charge is 2.15. The van der Waals surface area contributed by atoms with Crippen molar-refractivity contribution in [2.75, 3.05) is 32.7 Å². The van der Waals surface area contributed by atoms with E-state index < -0.39 is 0 Å². The van der Waals surface area contributed by atoms with Crippen molar-refractivity contribution < 1.29 is 0 Å². The second-order valence-electron chi connectivity index (χ2n) is 6.84. The van der Waals surface area contributed by atoms with Crippen molar-refractivity contribution in [1.29, 1.82) is 0 Å². The fraction of sp³-hybridized carbons (Fsp3) is 0.381. The summed E-state index contributed by atoms with van der Waals surface area (Å²) in [7, 11) is 2.04. The fourth-order valence-electron chi connectivity index (χ4n) is 3.82. The summed E-state index contributed by atoms with van der Waals surface area (Å²) in [5.74, 6) is 0. The van der Waals surface area contributed by atoms with E-state index in [4.69, 9.17) is 5.10 Å². The molecule has 0 atom stereocenters. The molecular weight excluding hydrogens is 308 g/mol. The highest BCUT2D eigenvalue weighted by Crippen LogP contribution is 2.30. The van der Waals surface area contributed by atoms with Crippen molar-refractivity contribution in [3.63, 3.8) is 0 Å². The largest absolute Gasteiger partial charge is 0.314 e. The van der Waals surface area contributed by atoms with Crippen LogP contribution < -0.4 is 5.32 Å². The maximum Gasteiger partial charge on any atom is 0.100 e. The van der Waals surface area contributed by atoms with E-state index in [1.165, 1.54) is 48.1 Å². The van der Waals surface area contributed by atoms with E-state index in [1.807, 2.05) is 11.7 Å². The molecule has 2 aromatic carbocycles. The van der Waals surface area contributed by atoms with Gasteiger partial charge in [-0.25, -0.2) is 0 Å². The molecule has 0 aliphatic carbocycles. The molecule has 0 saturated carbocycles. The minimum atomic E-state index is 1.10. The quantitative estimate of drug-likeness (QED) is 0.778. The second kappa shape index (κ2) is 7.38. The van der Waals surface area contributed by atoms with Gasteiger partial charge in [-0.1, -0.05) is 42.5 Å². The standard InChI is InChI=1S/C21H26N4/c1-24-19-11-5-9-17(10-6-14-25-15-12-22-13-16-25)20(19)21(23-24)18-7-3-2-4-8-18/h2-5,7-9,11,22H,6,10,12-16H2,1H3. The first-order chi connectivity index (χ1) is 12.3. The SMILES string of the molecule is Cn1nc(-c2ccccc2)c2c(CCCN3CCNCC3)cccc21. The van der Waals surface area contributed by atoms with Gasteiger partial charge in [0.25, 0.3) is 0 Å². The molecule has 4 rings (SSSR count). The molecule has 1 saturated heterocycles. The molecule has 0 unspecified atom stereocenters. The minimum Gasteiger partial charge on any atom is -0.314 e. The summed E-state index contributed by atoms with van der Waals surface area (Å²) in [6, 6.07) is 17.1. The van der Waals surface area contributed by atoms with Crippen LogP contribution in [0.3, 0.4) is 0 Å². The summed E-state index contributed by atoms with van der Waals surface area (Å²) >= 11 is 0. The van der Waals surface area contributed by atoms with Gasteiger partial charge in [-0.05, 0) is 31.0 Å². The highest BCUT2D eigenvalue weighted by atomic mass is 15.3. The molecule has 2 heterocycles. The lowest BCUT2D eigenvalue weighted by atomic mass is 10.00. The van der Waals surface area contributed by atoms with E-state index in [0.29, 0.717) is 0 Å². The molecule has 130 valence electrons. The van der Waals surface area contributed by atoms with Crippen LogP contribution >= 0.6 is 0 Å². The average Bonchev–Trinajstić information content (AvgIpc) is 3.01. The Morgan fingerprint density at radius 3 is 2.60 bits per heavy atom. The number of nitrogens with one attached hydrogen (secondary N) is 1. The van der Waals surface area contributed by atoms with Gasteiger partial charge < -0.3 is 10.2 Å². The Morgan fingerprint density at radius 1 is 1.00 bits per heavy atom. The Hall–Kier alpha value is -2.17. The molecule has 4 heteroatoms. The lowest BCUT2D eigenvalue weighted by Gasteiger charge is -2.27. The number of benzene rings is 2. The summed E-state index contributed by atoms with van der Waals surface area (Å²) in [5, 5.41) is 9.56. The zero-order chi connectivity index (χ0) is 17.1. The summed E-state index contributed by atoms with van der Waals surface area (Å²) in [4.78, 5) is 2.57. The van der Waals surface area contributed by atoms with Crippen LogP contribution in [0.5, 0.6) is 0 Å². The Labute approximate surface area is 149 Å². The monoisotopic (exact) mass is 334 g/mol. The molecule has 0 amide bonds.